The first-order valence-electron chi connectivity index (χ1n) is 3.48. The van der Waals surface area contributed by atoms with Gasteiger partial charge in [0.1, 0.15) is 0 Å². The van der Waals surface area contributed by atoms with Crippen LogP contribution in [0, 0.1) is 0 Å². The van der Waals surface area contributed by atoms with Gasteiger partial charge in [0, 0.05) is 5.31 Å². The van der Waals surface area contributed by atoms with Gasteiger partial charge in [0.05, 0.1) is 0 Å². The van der Waals surface area contributed by atoms with E-state index in [-0.39, 0.29) is 4.65 Å². The summed E-state index contributed by atoms with van der Waals surface area (Å²) in [7, 11) is 1.71. The van der Waals surface area contributed by atoms with E-state index < -0.39 is 11.3 Å². The first kappa shape index (κ1) is 10.9. The molecular weight excluding hydrogens is 159 g/mol. The van der Waals surface area contributed by atoms with E-state index in [2.05, 4.69) is 12.6 Å². The van der Waals surface area contributed by atoms with Crippen LogP contribution in [0.3, 0.4) is 0 Å². The van der Waals surface area contributed by atoms with Gasteiger partial charge in [0.2, 0.25) is 0 Å². The highest BCUT2D eigenvalue weighted by atomic mass is 32.1. The molecule has 0 aromatic heterocycles. The van der Waals surface area contributed by atoms with Crippen molar-refractivity contribution < 1.29 is 9.90 Å². The molecule has 0 unspecified atom stereocenters. The lowest BCUT2D eigenvalue weighted by Gasteiger charge is -2.26. The molecule has 0 fully saturated rings. The monoisotopic (exact) mass is 173 g/mol. The molecule has 0 atom stereocenters. The lowest BCUT2D eigenvalue weighted by Crippen LogP contribution is -2.35. The normalized spacial score (nSPS) is 12.8. The molecular formula is C7H14BO2S. The molecule has 1 radical (unpaired) electrons. The number of thiol groups is 1. The van der Waals surface area contributed by atoms with Crippen LogP contribution in [0.4, 0.5) is 0 Å². The summed E-state index contributed by atoms with van der Waals surface area (Å²) >= 11 is 4.22. The smallest absolute Gasteiger partial charge is 0.300 e. The van der Waals surface area contributed by atoms with Gasteiger partial charge in [-0.05, 0) is 4.65 Å². The molecule has 0 aromatic carbocycles. The second-order valence-corrected chi connectivity index (χ2v) is 4.98. The average molecular weight is 173 g/mol. The highest BCUT2D eigenvalue weighted by Gasteiger charge is 2.33. The summed E-state index contributed by atoms with van der Waals surface area (Å²) in [5.41, 5.74) is 0. The highest BCUT2D eigenvalue weighted by molar-refractivity contribution is 7.83. The van der Waals surface area contributed by atoms with Gasteiger partial charge >= 0.3 is 5.97 Å². The lowest BCUT2D eigenvalue weighted by atomic mass is 9.47. The van der Waals surface area contributed by atoms with Gasteiger partial charge < -0.3 is 5.11 Å². The minimum atomic E-state index is -0.820. The number of rotatable bonds is 3. The van der Waals surface area contributed by atoms with Crippen molar-refractivity contribution >= 4 is 25.9 Å². The van der Waals surface area contributed by atoms with Gasteiger partial charge in [-0.25, -0.2) is 0 Å². The van der Waals surface area contributed by atoms with Crippen LogP contribution in [0.25, 0.3) is 0 Å². The molecule has 0 aliphatic heterocycles. The van der Waals surface area contributed by atoms with Crippen molar-refractivity contribution in [1.29, 1.82) is 0 Å². The van der Waals surface area contributed by atoms with E-state index in [4.69, 9.17) is 5.11 Å². The van der Waals surface area contributed by atoms with Crippen LogP contribution in [0.2, 0.25) is 5.31 Å². The number of carboxylic acid groups (broad SMARTS) is 1. The Hall–Kier alpha value is -0.115. The minimum absolute atomic E-state index is 0.345. The number of hydrogen-bond acceptors (Lipinski definition) is 2. The zero-order valence-electron chi connectivity index (χ0n) is 7.38. The van der Waals surface area contributed by atoms with E-state index in [1.54, 1.807) is 21.1 Å². The predicted octanol–water partition coefficient (Wildman–Crippen LogP) is 1.64. The van der Waals surface area contributed by atoms with Gasteiger partial charge in [-0.2, -0.15) is 12.6 Å². The van der Waals surface area contributed by atoms with E-state index >= 15 is 0 Å². The van der Waals surface area contributed by atoms with Crippen LogP contribution in [0.15, 0.2) is 0 Å². The van der Waals surface area contributed by atoms with Gasteiger partial charge in [-0.1, -0.05) is 27.7 Å². The molecule has 63 valence electrons. The third kappa shape index (κ3) is 4.35. The molecule has 0 saturated heterocycles. The first-order valence-corrected chi connectivity index (χ1v) is 3.93. The molecule has 2 nitrogen and oxygen atoms in total. The Morgan fingerprint density at radius 3 is 1.82 bits per heavy atom. The van der Waals surface area contributed by atoms with E-state index in [0.29, 0.717) is 0 Å². The summed E-state index contributed by atoms with van der Waals surface area (Å²) in [4.78, 5) is 10.6. The molecule has 1 N–H and O–H groups in total. The topological polar surface area (TPSA) is 37.3 Å². The average Bonchev–Trinajstić information content (AvgIpc) is 1.56. The van der Waals surface area contributed by atoms with Crippen molar-refractivity contribution in [2.75, 3.05) is 0 Å². The fourth-order valence-corrected chi connectivity index (χ4v) is 1.27. The Labute approximate surface area is 74.0 Å². The number of hydrogen-bond donors (Lipinski definition) is 2. The second kappa shape index (κ2) is 3.09. The molecule has 0 aliphatic carbocycles. The molecule has 0 amide bonds. The van der Waals surface area contributed by atoms with Gasteiger partial charge in [0.25, 0.3) is 0 Å². The summed E-state index contributed by atoms with van der Waals surface area (Å²) in [5, 5.41) is 7.94. The summed E-state index contributed by atoms with van der Waals surface area (Å²) in [6.45, 7) is 7.04. The number of carboxylic acids is 1. The highest BCUT2D eigenvalue weighted by Crippen LogP contribution is 2.29. The van der Waals surface area contributed by atoms with E-state index in [1.165, 1.54) is 0 Å². The summed E-state index contributed by atoms with van der Waals surface area (Å²) in [6.07, 6.45) is 0. The molecule has 0 aliphatic rings. The maximum atomic E-state index is 10.6. The van der Waals surface area contributed by atoms with Crippen LogP contribution in [-0.2, 0) is 4.79 Å². The van der Waals surface area contributed by atoms with Gasteiger partial charge in [0.15, 0.2) is 7.28 Å². The van der Waals surface area contributed by atoms with E-state index in [9.17, 15) is 4.79 Å². The Balaban J connectivity index is 4.25. The zero-order valence-corrected chi connectivity index (χ0v) is 8.27. The Bertz CT molecular complexity index is 160. The summed E-state index contributed by atoms with van der Waals surface area (Å²) in [6, 6.07) is 0. The first-order chi connectivity index (χ1) is 4.65. The maximum Gasteiger partial charge on any atom is 0.300 e. The third-order valence-corrected chi connectivity index (χ3v) is 1.39. The Kier molecular flexibility index (Phi) is 3.06. The molecule has 11 heavy (non-hydrogen) atoms. The predicted molar refractivity (Wildman–Crippen MR) is 50.5 cm³/mol. The number of carbonyl (C=O) groups is 1. The van der Waals surface area contributed by atoms with Crippen LogP contribution in [-0.4, -0.2) is 23.0 Å². The fraction of sp³-hybridized carbons (Fsp3) is 0.857. The van der Waals surface area contributed by atoms with Crippen LogP contribution in [0.1, 0.15) is 27.7 Å². The molecule has 0 saturated carbocycles. The second-order valence-electron chi connectivity index (χ2n) is 3.82. The third-order valence-electron chi connectivity index (χ3n) is 1.27. The van der Waals surface area contributed by atoms with Crippen molar-refractivity contribution in [2.45, 2.75) is 37.7 Å². The Morgan fingerprint density at radius 1 is 1.36 bits per heavy atom. The van der Waals surface area contributed by atoms with Crippen molar-refractivity contribution in [2.24, 2.45) is 0 Å². The zero-order chi connectivity index (χ0) is 9.28. The maximum absolute atomic E-state index is 10.6. The van der Waals surface area contributed by atoms with Crippen LogP contribution < -0.4 is 0 Å². The minimum Gasteiger partial charge on any atom is -0.481 e. The molecule has 0 bridgehead atoms. The molecule has 0 rings (SSSR count). The molecule has 0 heterocycles. The summed E-state index contributed by atoms with van der Waals surface area (Å²) in [5.74, 6) is -0.820. The molecule has 0 spiro atoms. The van der Waals surface area contributed by atoms with Crippen molar-refractivity contribution in [1.82, 2.24) is 0 Å². The Morgan fingerprint density at radius 2 is 1.73 bits per heavy atom. The SMILES string of the molecule is CC(C)(S)[B]C(C)(C)C(=O)O. The van der Waals surface area contributed by atoms with Gasteiger partial charge in [-0.15, -0.1) is 0 Å². The van der Waals surface area contributed by atoms with Crippen LogP contribution >= 0.6 is 12.6 Å². The molecule has 0 aromatic rings. The largest absolute Gasteiger partial charge is 0.481 e. The van der Waals surface area contributed by atoms with Gasteiger partial charge in [-0.3, -0.25) is 4.79 Å². The number of aliphatic carboxylic acids is 1. The van der Waals surface area contributed by atoms with Crippen LogP contribution in [0.5, 0.6) is 0 Å². The van der Waals surface area contributed by atoms with Crippen molar-refractivity contribution in [3.05, 3.63) is 0 Å². The lowest BCUT2D eigenvalue weighted by molar-refractivity contribution is -0.139. The molecule has 4 heteroatoms. The van der Waals surface area contributed by atoms with E-state index in [0.717, 1.165) is 0 Å². The standard InChI is InChI=1S/C7H14BO2S/c1-6(2,5(9)10)8-7(3,4)11/h11H,1-4H3,(H,9,10). The summed E-state index contributed by atoms with van der Waals surface area (Å²) < 4.78 is -0.345. The van der Waals surface area contributed by atoms with Crippen molar-refractivity contribution in [3.63, 3.8) is 0 Å². The quantitative estimate of drug-likeness (QED) is 0.502. The van der Waals surface area contributed by atoms with E-state index in [1.807, 2.05) is 13.8 Å². The van der Waals surface area contributed by atoms with Crippen molar-refractivity contribution in [3.8, 4) is 0 Å². The fourth-order valence-electron chi connectivity index (χ4n) is 0.945.